The molecule has 0 spiro atoms. The molecule has 34 heavy (non-hydrogen) atoms. The number of ether oxygens (including phenoxy) is 2. The first-order valence-corrected chi connectivity index (χ1v) is 11.2. The lowest BCUT2D eigenvalue weighted by atomic mass is 9.92. The third-order valence-electron chi connectivity index (χ3n) is 5.99. The van der Waals surface area contributed by atoms with E-state index in [9.17, 15) is 0 Å². The molecular weight excluding hydrogens is 477 g/mol. The number of nitrogens with zero attached hydrogens (tertiary/aromatic N) is 4. The highest BCUT2D eigenvalue weighted by Crippen LogP contribution is 2.29. The van der Waals surface area contributed by atoms with E-state index in [2.05, 4.69) is 34.0 Å². The van der Waals surface area contributed by atoms with Gasteiger partial charge in [0.05, 0.1) is 20.5 Å². The fraction of sp³-hybridized carbons (Fsp3) is 0.522. The van der Waals surface area contributed by atoms with Crippen LogP contribution >= 0.6 is 24.8 Å². The van der Waals surface area contributed by atoms with Gasteiger partial charge in [0.15, 0.2) is 28.5 Å². The molecule has 0 radical (unpaired) electrons. The van der Waals surface area contributed by atoms with Gasteiger partial charge >= 0.3 is 0 Å². The Balaban J connectivity index is 0.00000204. The van der Waals surface area contributed by atoms with E-state index in [1.165, 1.54) is 0 Å². The second-order valence-electron chi connectivity index (χ2n) is 8.61. The van der Waals surface area contributed by atoms with E-state index in [0.29, 0.717) is 41.9 Å². The summed E-state index contributed by atoms with van der Waals surface area (Å²) in [5.74, 6) is 2.73. The Morgan fingerprint density at radius 2 is 1.76 bits per heavy atom. The van der Waals surface area contributed by atoms with Gasteiger partial charge in [0.1, 0.15) is 0 Å². The molecule has 0 saturated heterocycles. The zero-order valence-corrected chi connectivity index (χ0v) is 21.7. The molecule has 188 valence electrons. The number of rotatable bonds is 8. The van der Waals surface area contributed by atoms with Gasteiger partial charge in [-0.15, -0.1) is 24.8 Å². The first-order chi connectivity index (χ1) is 15.5. The summed E-state index contributed by atoms with van der Waals surface area (Å²) in [5, 5.41) is 6.97. The SMILES string of the molecule is COc1ccc(CNc2nc(NC3CCC(N)CC3)nc3c2ncn3C(C)C)cc1OC.Cl.Cl. The maximum absolute atomic E-state index is 6.06. The van der Waals surface area contributed by atoms with Gasteiger partial charge in [-0.25, -0.2) is 4.98 Å². The van der Waals surface area contributed by atoms with Gasteiger partial charge in [-0.1, -0.05) is 6.07 Å². The van der Waals surface area contributed by atoms with Gasteiger partial charge < -0.3 is 30.4 Å². The van der Waals surface area contributed by atoms with Gasteiger partial charge in [-0.3, -0.25) is 0 Å². The number of aromatic nitrogens is 4. The first-order valence-electron chi connectivity index (χ1n) is 11.2. The van der Waals surface area contributed by atoms with Gasteiger partial charge in [0.25, 0.3) is 0 Å². The Labute approximate surface area is 213 Å². The third-order valence-corrected chi connectivity index (χ3v) is 5.99. The number of halogens is 2. The van der Waals surface area contributed by atoms with E-state index in [1.54, 1.807) is 14.2 Å². The summed E-state index contributed by atoms with van der Waals surface area (Å²) >= 11 is 0. The largest absolute Gasteiger partial charge is 0.493 e. The molecule has 1 saturated carbocycles. The molecule has 0 amide bonds. The molecule has 1 aliphatic carbocycles. The standard InChI is InChI=1S/C23H33N7O2.2ClH/c1-14(2)30-13-26-20-21(25-12-15-5-10-18(31-3)19(11-15)32-4)28-23(29-22(20)30)27-17-8-6-16(24)7-9-17;;/h5,10-11,13-14,16-17H,6-9,12,24H2,1-4H3,(H2,25,27,28,29);2*1H. The molecule has 2 aromatic heterocycles. The minimum absolute atomic E-state index is 0. The normalized spacial score (nSPS) is 17.6. The predicted octanol–water partition coefficient (Wildman–Crippen LogP) is 4.56. The molecule has 0 aliphatic heterocycles. The minimum atomic E-state index is 0. The molecule has 3 aromatic rings. The van der Waals surface area contributed by atoms with Crippen molar-refractivity contribution < 1.29 is 9.47 Å². The van der Waals surface area contributed by atoms with Crippen molar-refractivity contribution in [3.63, 3.8) is 0 Å². The lowest BCUT2D eigenvalue weighted by Gasteiger charge is -2.27. The summed E-state index contributed by atoms with van der Waals surface area (Å²) in [6.07, 6.45) is 5.93. The molecule has 11 heteroatoms. The van der Waals surface area contributed by atoms with Crippen LogP contribution in [0.5, 0.6) is 11.5 Å². The molecule has 2 heterocycles. The highest BCUT2D eigenvalue weighted by atomic mass is 35.5. The number of methoxy groups -OCH3 is 2. The third kappa shape index (κ3) is 6.14. The van der Waals surface area contributed by atoms with Crippen molar-refractivity contribution in [3.05, 3.63) is 30.1 Å². The number of nitrogens with one attached hydrogen (secondary N) is 2. The maximum Gasteiger partial charge on any atom is 0.227 e. The molecule has 0 unspecified atom stereocenters. The van der Waals surface area contributed by atoms with Crippen LogP contribution in [0.3, 0.4) is 0 Å². The fourth-order valence-electron chi connectivity index (χ4n) is 4.10. The van der Waals surface area contributed by atoms with E-state index in [0.717, 1.165) is 42.4 Å². The number of benzene rings is 1. The molecule has 1 fully saturated rings. The van der Waals surface area contributed by atoms with E-state index in [-0.39, 0.29) is 30.9 Å². The number of anilines is 2. The smallest absolute Gasteiger partial charge is 0.227 e. The van der Waals surface area contributed by atoms with Crippen LogP contribution in [0, 0.1) is 0 Å². The lowest BCUT2D eigenvalue weighted by molar-refractivity contribution is 0.354. The van der Waals surface area contributed by atoms with Crippen LogP contribution < -0.4 is 25.8 Å². The summed E-state index contributed by atoms with van der Waals surface area (Å²) in [5.41, 5.74) is 8.69. The predicted molar refractivity (Wildman–Crippen MR) is 141 cm³/mol. The summed E-state index contributed by atoms with van der Waals surface area (Å²) < 4.78 is 12.8. The monoisotopic (exact) mass is 511 g/mol. The second kappa shape index (κ2) is 12.3. The van der Waals surface area contributed by atoms with Crippen LogP contribution in [0.2, 0.25) is 0 Å². The zero-order valence-electron chi connectivity index (χ0n) is 20.1. The summed E-state index contributed by atoms with van der Waals surface area (Å²) in [7, 11) is 3.27. The van der Waals surface area contributed by atoms with Gasteiger partial charge in [0.2, 0.25) is 5.95 Å². The quantitative estimate of drug-likeness (QED) is 0.403. The topological polar surface area (TPSA) is 112 Å². The number of nitrogens with two attached hydrogens (primary N) is 1. The Hall–Kier alpha value is -2.49. The number of imidazole rings is 1. The van der Waals surface area contributed by atoms with Gasteiger partial charge in [-0.05, 0) is 57.2 Å². The Morgan fingerprint density at radius 1 is 1.06 bits per heavy atom. The summed E-state index contributed by atoms with van der Waals surface area (Å²) in [6, 6.07) is 6.75. The minimum Gasteiger partial charge on any atom is -0.493 e. The van der Waals surface area contributed by atoms with Crippen molar-refractivity contribution in [3.8, 4) is 11.5 Å². The average Bonchev–Trinajstić information content (AvgIpc) is 3.23. The van der Waals surface area contributed by atoms with Crippen LogP contribution in [-0.4, -0.2) is 45.8 Å². The number of fused-ring (bicyclic) bond motifs is 1. The number of hydrogen-bond acceptors (Lipinski definition) is 8. The molecule has 1 aliphatic rings. The molecular formula is C23H35Cl2N7O2. The first kappa shape index (κ1) is 27.8. The summed E-state index contributed by atoms with van der Waals surface area (Å²) in [6.45, 7) is 4.81. The van der Waals surface area contributed by atoms with Crippen LogP contribution in [0.25, 0.3) is 11.2 Å². The highest BCUT2D eigenvalue weighted by Gasteiger charge is 2.21. The van der Waals surface area contributed by atoms with Crippen LogP contribution in [-0.2, 0) is 6.54 Å². The Bertz CT molecular complexity index is 1070. The van der Waals surface area contributed by atoms with Gasteiger partial charge in [0, 0.05) is 24.7 Å². The maximum atomic E-state index is 6.06. The fourth-order valence-corrected chi connectivity index (χ4v) is 4.10. The Morgan fingerprint density at radius 3 is 2.41 bits per heavy atom. The van der Waals surface area contributed by atoms with Crippen molar-refractivity contribution in [1.82, 2.24) is 19.5 Å². The Kier molecular flexibility index (Phi) is 10.0. The van der Waals surface area contributed by atoms with Crippen molar-refractivity contribution in [2.45, 2.75) is 64.2 Å². The molecule has 0 bridgehead atoms. The zero-order chi connectivity index (χ0) is 22.7. The van der Waals surface area contributed by atoms with Crippen molar-refractivity contribution >= 4 is 47.7 Å². The molecule has 4 rings (SSSR count). The van der Waals surface area contributed by atoms with E-state index < -0.39 is 0 Å². The highest BCUT2D eigenvalue weighted by molar-refractivity contribution is 5.86. The lowest BCUT2D eigenvalue weighted by Crippen LogP contribution is -2.33. The molecule has 1 aromatic carbocycles. The average molecular weight is 512 g/mol. The summed E-state index contributed by atoms with van der Waals surface area (Å²) in [4.78, 5) is 14.2. The van der Waals surface area contributed by atoms with E-state index in [4.69, 9.17) is 25.2 Å². The van der Waals surface area contributed by atoms with Crippen LogP contribution in [0.4, 0.5) is 11.8 Å². The van der Waals surface area contributed by atoms with Crippen molar-refractivity contribution in [2.75, 3.05) is 24.9 Å². The molecule has 0 atom stereocenters. The molecule has 9 nitrogen and oxygen atoms in total. The van der Waals surface area contributed by atoms with Crippen molar-refractivity contribution in [2.24, 2.45) is 5.73 Å². The second-order valence-corrected chi connectivity index (χ2v) is 8.61. The van der Waals surface area contributed by atoms with E-state index >= 15 is 0 Å². The van der Waals surface area contributed by atoms with Crippen LogP contribution in [0.15, 0.2) is 24.5 Å². The molecule has 4 N–H and O–H groups in total. The van der Waals surface area contributed by atoms with E-state index in [1.807, 2.05) is 24.5 Å². The number of hydrogen-bond donors (Lipinski definition) is 3. The van der Waals surface area contributed by atoms with Crippen LogP contribution in [0.1, 0.15) is 51.1 Å². The van der Waals surface area contributed by atoms with Crippen molar-refractivity contribution in [1.29, 1.82) is 0 Å². The van der Waals surface area contributed by atoms with Gasteiger partial charge in [-0.2, -0.15) is 9.97 Å².